The number of nitrogens with zero attached hydrogens (tertiary/aromatic N) is 2. The van der Waals surface area contributed by atoms with E-state index in [-0.39, 0.29) is 5.91 Å². The number of aromatic nitrogens is 2. The molecule has 2 aromatic rings. The molecular weight excluding hydrogens is 214 g/mol. The van der Waals surface area contributed by atoms with Gasteiger partial charge in [-0.25, -0.2) is 4.98 Å². The number of hydrogen-bond acceptors (Lipinski definition) is 2. The van der Waals surface area contributed by atoms with Crippen molar-refractivity contribution in [1.82, 2.24) is 9.55 Å². The van der Waals surface area contributed by atoms with Crippen LogP contribution in [-0.2, 0) is 4.79 Å². The lowest BCUT2D eigenvalue weighted by Gasteiger charge is -2.08. The molecule has 1 aromatic carbocycles. The van der Waals surface area contributed by atoms with Crippen LogP contribution in [0.15, 0.2) is 36.7 Å². The van der Waals surface area contributed by atoms with Gasteiger partial charge < -0.3 is 9.88 Å². The van der Waals surface area contributed by atoms with E-state index in [1.54, 1.807) is 6.20 Å². The van der Waals surface area contributed by atoms with E-state index >= 15 is 0 Å². The lowest BCUT2D eigenvalue weighted by molar-refractivity contribution is -0.115. The molecule has 0 aliphatic carbocycles. The highest BCUT2D eigenvalue weighted by Crippen LogP contribution is 2.16. The van der Waals surface area contributed by atoms with Crippen molar-refractivity contribution in [1.29, 1.82) is 0 Å². The van der Waals surface area contributed by atoms with Crippen LogP contribution in [-0.4, -0.2) is 15.5 Å². The second-order valence-electron chi connectivity index (χ2n) is 3.80. The van der Waals surface area contributed by atoms with E-state index in [0.29, 0.717) is 6.42 Å². The average Bonchev–Trinajstić information content (AvgIpc) is 2.75. The lowest BCUT2D eigenvalue weighted by atomic mass is 10.2. The molecule has 0 aliphatic rings. The van der Waals surface area contributed by atoms with Crippen LogP contribution in [0.1, 0.15) is 19.2 Å². The highest BCUT2D eigenvalue weighted by atomic mass is 16.1. The predicted octanol–water partition coefficient (Wildman–Crippen LogP) is 2.53. The van der Waals surface area contributed by atoms with Gasteiger partial charge in [0, 0.05) is 30.2 Å². The number of nitrogens with one attached hydrogen (secondary N) is 1. The Hall–Kier alpha value is -2.10. The van der Waals surface area contributed by atoms with Crippen LogP contribution in [0.3, 0.4) is 0 Å². The number of amides is 1. The third kappa shape index (κ3) is 2.53. The molecule has 0 atom stereocenters. The molecule has 1 aromatic heterocycles. The number of carbonyl (C=O) groups is 1. The van der Waals surface area contributed by atoms with E-state index in [9.17, 15) is 4.79 Å². The number of aryl methyl sites for hydroxylation is 1. The molecule has 88 valence electrons. The SMILES string of the molecule is CCC(=O)Nc1cccc(-n2ccnc2C)c1. The summed E-state index contributed by atoms with van der Waals surface area (Å²) in [5.41, 5.74) is 1.80. The summed E-state index contributed by atoms with van der Waals surface area (Å²) < 4.78 is 1.97. The van der Waals surface area contributed by atoms with E-state index in [1.807, 2.05) is 48.9 Å². The molecule has 0 unspecified atom stereocenters. The zero-order valence-electron chi connectivity index (χ0n) is 9.97. The molecule has 0 spiro atoms. The largest absolute Gasteiger partial charge is 0.326 e. The molecule has 17 heavy (non-hydrogen) atoms. The van der Waals surface area contributed by atoms with Gasteiger partial charge in [-0.15, -0.1) is 0 Å². The fourth-order valence-corrected chi connectivity index (χ4v) is 1.63. The van der Waals surface area contributed by atoms with Crippen molar-refractivity contribution < 1.29 is 4.79 Å². The Balaban J connectivity index is 2.29. The first-order valence-corrected chi connectivity index (χ1v) is 5.61. The van der Waals surface area contributed by atoms with Gasteiger partial charge in [0.25, 0.3) is 0 Å². The van der Waals surface area contributed by atoms with Gasteiger partial charge in [0.15, 0.2) is 0 Å². The first-order valence-electron chi connectivity index (χ1n) is 5.61. The first-order chi connectivity index (χ1) is 8.20. The summed E-state index contributed by atoms with van der Waals surface area (Å²) in [5.74, 6) is 0.938. The minimum atomic E-state index is 0.0181. The fourth-order valence-electron chi connectivity index (χ4n) is 1.63. The minimum absolute atomic E-state index is 0.0181. The normalized spacial score (nSPS) is 10.2. The molecule has 1 N–H and O–H groups in total. The fraction of sp³-hybridized carbons (Fsp3) is 0.231. The standard InChI is InChI=1S/C13H15N3O/c1-3-13(17)15-11-5-4-6-12(9-11)16-8-7-14-10(16)2/h4-9H,3H2,1-2H3,(H,15,17). The molecule has 0 aliphatic heterocycles. The second kappa shape index (κ2) is 4.82. The van der Waals surface area contributed by atoms with Gasteiger partial charge in [0.2, 0.25) is 5.91 Å². The maximum absolute atomic E-state index is 11.3. The molecule has 1 heterocycles. The van der Waals surface area contributed by atoms with Gasteiger partial charge in [0.05, 0.1) is 0 Å². The summed E-state index contributed by atoms with van der Waals surface area (Å²) in [6.07, 6.45) is 4.14. The van der Waals surface area contributed by atoms with Crippen LogP contribution in [0.25, 0.3) is 5.69 Å². The van der Waals surface area contributed by atoms with Crippen molar-refractivity contribution >= 4 is 11.6 Å². The van der Waals surface area contributed by atoms with E-state index in [0.717, 1.165) is 17.2 Å². The number of anilines is 1. The Bertz CT molecular complexity index is 531. The second-order valence-corrected chi connectivity index (χ2v) is 3.80. The molecule has 0 saturated carbocycles. The highest BCUT2D eigenvalue weighted by molar-refractivity contribution is 5.90. The van der Waals surface area contributed by atoms with Crippen LogP contribution >= 0.6 is 0 Å². The third-order valence-electron chi connectivity index (χ3n) is 2.55. The smallest absolute Gasteiger partial charge is 0.224 e. The molecular formula is C13H15N3O. The number of rotatable bonds is 3. The Morgan fingerprint density at radius 2 is 2.29 bits per heavy atom. The molecule has 1 amide bonds. The Kier molecular flexibility index (Phi) is 3.23. The summed E-state index contributed by atoms with van der Waals surface area (Å²) in [5, 5.41) is 2.84. The van der Waals surface area contributed by atoms with Crippen LogP contribution in [0.4, 0.5) is 5.69 Å². The van der Waals surface area contributed by atoms with Gasteiger partial charge in [-0.05, 0) is 25.1 Å². The number of hydrogen-bond donors (Lipinski definition) is 1. The Labute approximate surface area is 100 Å². The van der Waals surface area contributed by atoms with E-state index in [2.05, 4.69) is 10.3 Å². The summed E-state index contributed by atoms with van der Waals surface area (Å²) >= 11 is 0. The predicted molar refractivity (Wildman–Crippen MR) is 67.2 cm³/mol. The molecule has 0 saturated heterocycles. The van der Waals surface area contributed by atoms with Crippen molar-refractivity contribution in [2.24, 2.45) is 0 Å². The number of benzene rings is 1. The van der Waals surface area contributed by atoms with E-state index in [4.69, 9.17) is 0 Å². The molecule has 0 fully saturated rings. The first kappa shape index (κ1) is 11.4. The zero-order valence-corrected chi connectivity index (χ0v) is 9.97. The molecule has 4 heteroatoms. The zero-order chi connectivity index (χ0) is 12.3. The summed E-state index contributed by atoms with van der Waals surface area (Å²) in [7, 11) is 0. The third-order valence-corrected chi connectivity index (χ3v) is 2.55. The maximum Gasteiger partial charge on any atom is 0.224 e. The maximum atomic E-state index is 11.3. The van der Waals surface area contributed by atoms with Gasteiger partial charge in [-0.1, -0.05) is 13.0 Å². The topological polar surface area (TPSA) is 46.9 Å². The Morgan fingerprint density at radius 1 is 1.47 bits per heavy atom. The Morgan fingerprint density at radius 3 is 2.94 bits per heavy atom. The quantitative estimate of drug-likeness (QED) is 0.879. The van der Waals surface area contributed by atoms with Crippen molar-refractivity contribution in [3.05, 3.63) is 42.5 Å². The minimum Gasteiger partial charge on any atom is -0.326 e. The van der Waals surface area contributed by atoms with Crippen molar-refractivity contribution in [3.63, 3.8) is 0 Å². The van der Waals surface area contributed by atoms with Crippen LogP contribution in [0, 0.1) is 6.92 Å². The van der Waals surface area contributed by atoms with Crippen molar-refractivity contribution in [2.45, 2.75) is 20.3 Å². The molecule has 0 bridgehead atoms. The van der Waals surface area contributed by atoms with E-state index < -0.39 is 0 Å². The van der Waals surface area contributed by atoms with Gasteiger partial charge in [-0.3, -0.25) is 4.79 Å². The summed E-state index contributed by atoms with van der Waals surface area (Å²) in [6.45, 7) is 3.77. The van der Waals surface area contributed by atoms with E-state index in [1.165, 1.54) is 0 Å². The van der Waals surface area contributed by atoms with Gasteiger partial charge >= 0.3 is 0 Å². The lowest BCUT2D eigenvalue weighted by Crippen LogP contribution is -2.09. The van der Waals surface area contributed by atoms with Crippen molar-refractivity contribution in [3.8, 4) is 5.69 Å². The summed E-state index contributed by atoms with van der Waals surface area (Å²) in [4.78, 5) is 15.5. The summed E-state index contributed by atoms with van der Waals surface area (Å²) in [6, 6.07) is 7.71. The van der Waals surface area contributed by atoms with Crippen LogP contribution in [0.2, 0.25) is 0 Å². The van der Waals surface area contributed by atoms with Crippen LogP contribution < -0.4 is 5.32 Å². The van der Waals surface area contributed by atoms with Crippen LogP contribution in [0.5, 0.6) is 0 Å². The molecule has 4 nitrogen and oxygen atoms in total. The number of imidazole rings is 1. The molecule has 2 rings (SSSR count). The monoisotopic (exact) mass is 229 g/mol. The highest BCUT2D eigenvalue weighted by Gasteiger charge is 2.03. The van der Waals surface area contributed by atoms with Gasteiger partial charge in [-0.2, -0.15) is 0 Å². The van der Waals surface area contributed by atoms with Gasteiger partial charge in [0.1, 0.15) is 5.82 Å². The molecule has 0 radical (unpaired) electrons. The van der Waals surface area contributed by atoms with Crippen molar-refractivity contribution in [2.75, 3.05) is 5.32 Å². The number of carbonyl (C=O) groups excluding carboxylic acids is 1. The average molecular weight is 229 g/mol.